The summed E-state index contributed by atoms with van der Waals surface area (Å²) in [6, 6.07) is 22.1. The van der Waals surface area contributed by atoms with Crippen LogP contribution in [0.4, 0.5) is 21.6 Å². The molecular weight excluding hydrogens is 866 g/mol. The molecule has 2 aromatic carbocycles. The molecule has 3 amide bonds. The summed E-state index contributed by atoms with van der Waals surface area (Å²) < 4.78 is 19.0. The summed E-state index contributed by atoms with van der Waals surface area (Å²) >= 11 is 0. The molecule has 4 aromatic heterocycles. The second kappa shape index (κ2) is 17.8. The van der Waals surface area contributed by atoms with E-state index in [1.807, 2.05) is 45.2 Å². The Balaban J connectivity index is 0.696. The molecular formula is C50H52FN13O4. The Bertz CT molecular complexity index is 2910. The van der Waals surface area contributed by atoms with Gasteiger partial charge in [0.2, 0.25) is 17.7 Å². The number of piperazine rings is 1. The Morgan fingerprint density at radius 3 is 2.41 bits per heavy atom. The van der Waals surface area contributed by atoms with Crippen LogP contribution in [0, 0.1) is 17.1 Å². The summed E-state index contributed by atoms with van der Waals surface area (Å²) in [7, 11) is 0. The predicted molar refractivity (Wildman–Crippen MR) is 251 cm³/mol. The van der Waals surface area contributed by atoms with Crippen LogP contribution >= 0.6 is 0 Å². The number of hydrogen-bond acceptors (Lipinski definition) is 13. The Labute approximate surface area is 392 Å². The number of piperidine rings is 4. The second-order valence-electron chi connectivity index (χ2n) is 19.0. The number of nitrogens with zero attached hydrogens (tertiary/aromatic N) is 11. The number of pyridine rings is 1. The highest BCUT2D eigenvalue weighted by atomic mass is 19.1. The SMILES string of the molecule is N#Cc1cnn2cc(-c3cnn(C4CCN(C(=O)CC5(O)CCN(c6ccc(NC7CCC(=O)NC7=O)cc6F)CC5)CC4)c3)nc(-c3ccc(N4CC5CC(C4)N5Cc4ccccc4)nc3)c12. The topological polar surface area (TPSA) is 193 Å². The van der Waals surface area contributed by atoms with Crippen molar-refractivity contribution >= 4 is 40.4 Å². The lowest BCUT2D eigenvalue weighted by Gasteiger charge is -2.56. The zero-order chi connectivity index (χ0) is 46.5. The predicted octanol–water partition coefficient (Wildman–Crippen LogP) is 4.93. The number of fused-ring (bicyclic) bond motifs is 3. The molecule has 0 radical (unpaired) electrons. The van der Waals surface area contributed by atoms with E-state index in [9.17, 15) is 24.8 Å². The summed E-state index contributed by atoms with van der Waals surface area (Å²) in [5, 5.41) is 36.1. The Hall–Kier alpha value is -7.23. The number of aliphatic hydroxyl groups is 1. The van der Waals surface area contributed by atoms with E-state index in [1.165, 1.54) is 18.1 Å². The lowest BCUT2D eigenvalue weighted by molar-refractivity contribution is -0.139. The van der Waals surface area contributed by atoms with Gasteiger partial charge in [-0.3, -0.25) is 29.3 Å². The molecule has 6 aromatic rings. The molecule has 6 aliphatic rings. The number of anilines is 3. The van der Waals surface area contributed by atoms with Gasteiger partial charge in [0.15, 0.2) is 0 Å². The highest BCUT2D eigenvalue weighted by Gasteiger charge is 2.45. The van der Waals surface area contributed by atoms with Crippen LogP contribution in [0.2, 0.25) is 0 Å². The van der Waals surface area contributed by atoms with E-state index in [-0.39, 0.29) is 30.7 Å². The molecule has 348 valence electrons. The third-order valence-corrected chi connectivity index (χ3v) is 14.6. The average Bonchev–Trinajstić information content (AvgIpc) is 4.03. The maximum absolute atomic E-state index is 15.3. The van der Waals surface area contributed by atoms with E-state index in [0.29, 0.717) is 104 Å². The molecule has 17 nitrogen and oxygen atoms in total. The van der Waals surface area contributed by atoms with Crippen molar-refractivity contribution in [3.8, 4) is 28.6 Å². The van der Waals surface area contributed by atoms with Gasteiger partial charge in [0.25, 0.3) is 0 Å². The molecule has 6 fully saturated rings. The minimum absolute atomic E-state index is 0.00247. The summed E-state index contributed by atoms with van der Waals surface area (Å²) in [4.78, 5) is 55.9. The van der Waals surface area contributed by atoms with Crippen molar-refractivity contribution in [1.29, 1.82) is 5.26 Å². The number of nitrogens with one attached hydrogen (secondary N) is 2. The fourth-order valence-electron chi connectivity index (χ4n) is 10.7. The van der Waals surface area contributed by atoms with Gasteiger partial charge in [-0.25, -0.2) is 18.9 Å². The molecule has 6 aliphatic heterocycles. The van der Waals surface area contributed by atoms with Crippen molar-refractivity contribution in [2.75, 3.05) is 54.4 Å². The highest BCUT2D eigenvalue weighted by Crippen LogP contribution is 2.37. The molecule has 0 aliphatic carbocycles. The van der Waals surface area contributed by atoms with Gasteiger partial charge < -0.3 is 25.1 Å². The fraction of sp³-hybridized carbons (Fsp3) is 0.400. The Morgan fingerprint density at radius 2 is 1.69 bits per heavy atom. The maximum Gasteiger partial charge on any atom is 0.249 e. The molecule has 18 heteroatoms. The zero-order valence-corrected chi connectivity index (χ0v) is 37.5. The molecule has 0 saturated carbocycles. The van der Waals surface area contributed by atoms with Crippen LogP contribution in [0.15, 0.2) is 91.6 Å². The standard InChI is InChI=1S/C50H52FN13O4/c51-40-20-36(56-41-8-11-45(65)58-49(41)67)7-9-43(40)59-18-14-50(68,15-19-59)22-46(66)60-16-12-37(13-17-60)63-28-35(26-54-63)42-31-64-48(34(23-52)25-55-64)47(57-42)33-6-10-44(53-24-33)61-29-38-21-39(30-61)62(38)27-32-4-2-1-3-5-32/h1-7,9-10,20,24-26,28,31,37-39,41,56,68H,8,11-19,21-22,27,29-30H2,(H,58,65,67). The minimum Gasteiger partial charge on any atom is -0.389 e. The number of nitriles is 1. The van der Waals surface area contributed by atoms with Crippen molar-refractivity contribution in [3.63, 3.8) is 0 Å². The Kier molecular flexibility index (Phi) is 11.3. The first kappa shape index (κ1) is 43.3. The molecule has 2 bridgehead atoms. The van der Waals surface area contributed by atoms with Crippen molar-refractivity contribution in [2.24, 2.45) is 0 Å². The molecule has 68 heavy (non-hydrogen) atoms. The lowest BCUT2D eigenvalue weighted by atomic mass is 9.86. The molecule has 6 saturated heterocycles. The van der Waals surface area contributed by atoms with E-state index in [2.05, 4.69) is 61.9 Å². The quantitative estimate of drug-likeness (QED) is 0.148. The van der Waals surface area contributed by atoms with Gasteiger partial charge in [0.1, 0.15) is 34.8 Å². The number of carbonyl (C=O) groups excluding carboxylic acids is 3. The number of amides is 3. The third-order valence-electron chi connectivity index (χ3n) is 14.6. The number of aromatic nitrogens is 6. The first-order valence-corrected chi connectivity index (χ1v) is 23.6. The fourth-order valence-corrected chi connectivity index (χ4v) is 10.7. The number of benzene rings is 2. The first-order valence-electron chi connectivity index (χ1n) is 23.6. The highest BCUT2D eigenvalue weighted by molar-refractivity contribution is 6.01. The molecule has 3 atom stereocenters. The van der Waals surface area contributed by atoms with Crippen LogP contribution in [0.25, 0.3) is 28.0 Å². The minimum atomic E-state index is -1.20. The molecule has 3 N–H and O–H groups in total. The van der Waals surface area contributed by atoms with Gasteiger partial charge in [-0.05, 0) is 74.4 Å². The van der Waals surface area contributed by atoms with Crippen molar-refractivity contribution in [1.82, 2.24) is 44.5 Å². The summed E-state index contributed by atoms with van der Waals surface area (Å²) in [6.07, 6.45) is 12.7. The van der Waals surface area contributed by atoms with Gasteiger partial charge in [0.05, 0.1) is 53.7 Å². The van der Waals surface area contributed by atoms with Crippen LogP contribution < -0.4 is 20.4 Å². The molecule has 10 heterocycles. The normalized spacial score (nSPS) is 21.9. The summed E-state index contributed by atoms with van der Waals surface area (Å²) in [6.45, 7) is 4.63. The van der Waals surface area contributed by atoms with Crippen molar-refractivity contribution < 1.29 is 23.9 Å². The number of rotatable bonds is 11. The number of carbonyl (C=O) groups is 3. The van der Waals surface area contributed by atoms with E-state index in [1.54, 1.807) is 29.0 Å². The van der Waals surface area contributed by atoms with Crippen LogP contribution in [-0.4, -0.2) is 125 Å². The van der Waals surface area contributed by atoms with E-state index < -0.39 is 23.4 Å². The zero-order valence-electron chi connectivity index (χ0n) is 37.5. The van der Waals surface area contributed by atoms with Crippen LogP contribution in [0.1, 0.15) is 68.5 Å². The van der Waals surface area contributed by atoms with E-state index >= 15 is 4.39 Å². The van der Waals surface area contributed by atoms with E-state index in [0.717, 1.165) is 36.6 Å². The van der Waals surface area contributed by atoms with Gasteiger partial charge >= 0.3 is 0 Å². The van der Waals surface area contributed by atoms with Crippen molar-refractivity contribution in [2.45, 2.75) is 87.7 Å². The third kappa shape index (κ3) is 8.52. The van der Waals surface area contributed by atoms with Crippen LogP contribution in [-0.2, 0) is 20.9 Å². The molecule has 0 spiro atoms. The molecule has 3 unspecified atom stereocenters. The van der Waals surface area contributed by atoms with Gasteiger partial charge in [-0.1, -0.05) is 30.3 Å². The largest absolute Gasteiger partial charge is 0.389 e. The number of halogens is 1. The summed E-state index contributed by atoms with van der Waals surface area (Å²) in [5.41, 5.74) is 4.86. The van der Waals surface area contributed by atoms with E-state index in [4.69, 9.17) is 15.1 Å². The monoisotopic (exact) mass is 917 g/mol. The molecule has 12 rings (SSSR count). The second-order valence-corrected chi connectivity index (χ2v) is 19.0. The Morgan fingerprint density at radius 1 is 0.897 bits per heavy atom. The van der Waals surface area contributed by atoms with Gasteiger partial charge in [-0.2, -0.15) is 15.5 Å². The van der Waals surface area contributed by atoms with Crippen LogP contribution in [0.5, 0.6) is 0 Å². The summed E-state index contributed by atoms with van der Waals surface area (Å²) in [5.74, 6) is -0.373. The van der Waals surface area contributed by atoms with Crippen molar-refractivity contribution in [3.05, 3.63) is 109 Å². The smallest absolute Gasteiger partial charge is 0.249 e. The lowest BCUT2D eigenvalue weighted by Crippen LogP contribution is -2.68. The van der Waals surface area contributed by atoms with Gasteiger partial charge in [-0.15, -0.1) is 0 Å². The maximum atomic E-state index is 15.3. The number of imide groups is 1. The van der Waals surface area contributed by atoms with Crippen LogP contribution in [0.3, 0.4) is 0 Å². The van der Waals surface area contributed by atoms with Gasteiger partial charge in [0, 0.05) is 93.5 Å². The average molecular weight is 918 g/mol. The number of hydrogen-bond donors (Lipinski definition) is 3. The number of likely N-dealkylation sites (tertiary alicyclic amines) is 1. The first-order chi connectivity index (χ1) is 33.1.